The summed E-state index contributed by atoms with van der Waals surface area (Å²) in [5.74, 6) is -0.679. The molecule has 0 N–H and O–H groups in total. The van der Waals surface area contributed by atoms with Crippen LogP contribution in [0, 0.1) is 11.8 Å². The first-order valence-electron chi connectivity index (χ1n) is 11.0. The van der Waals surface area contributed by atoms with E-state index in [1.54, 1.807) is 6.21 Å². The number of carbonyl (C=O) groups is 2. The lowest BCUT2D eigenvalue weighted by Gasteiger charge is -2.45. The summed E-state index contributed by atoms with van der Waals surface area (Å²) in [6.45, 7) is 2.53. The Morgan fingerprint density at radius 3 is 1.69 bits per heavy atom. The fraction of sp³-hybridized carbons (Fsp3) is 0.222. The Labute approximate surface area is 186 Å². The molecule has 7 rings (SSSR count). The Morgan fingerprint density at radius 2 is 1.25 bits per heavy atom. The number of hydrogen-bond acceptors (Lipinski definition) is 4. The van der Waals surface area contributed by atoms with E-state index in [-0.39, 0.29) is 23.7 Å². The average Bonchev–Trinajstić information content (AvgIpc) is 3.09. The summed E-state index contributed by atoms with van der Waals surface area (Å²) in [6, 6.07) is 23.9. The van der Waals surface area contributed by atoms with Gasteiger partial charge in [0.05, 0.1) is 24.7 Å². The quantitative estimate of drug-likeness (QED) is 0.465. The first-order chi connectivity index (χ1) is 15.7. The minimum atomic E-state index is -0.408. The first kappa shape index (κ1) is 19.0. The van der Waals surface area contributed by atoms with Crippen LogP contribution in [-0.2, 0) is 9.59 Å². The van der Waals surface area contributed by atoms with Gasteiger partial charge in [-0.3, -0.25) is 9.59 Å². The summed E-state index contributed by atoms with van der Waals surface area (Å²) in [7, 11) is 0. The molecule has 5 heteroatoms. The van der Waals surface area contributed by atoms with Gasteiger partial charge in [0.15, 0.2) is 0 Å². The number of nitrogens with zero attached hydrogens (tertiary/aromatic N) is 2. The SMILES string of the molecule is CCOc1ccc(/C=N\N2C(=O)[C@H]3C4c5ccccc5C(c5ccccc54)[C@@H]3C2=O)cc1. The van der Waals surface area contributed by atoms with Gasteiger partial charge in [-0.2, -0.15) is 10.1 Å². The molecule has 3 aromatic rings. The molecule has 0 radical (unpaired) electrons. The molecular formula is C27H22N2O3. The van der Waals surface area contributed by atoms with E-state index in [9.17, 15) is 9.59 Å². The maximum Gasteiger partial charge on any atom is 0.254 e. The minimum absolute atomic E-state index is 0.112. The van der Waals surface area contributed by atoms with Crippen molar-refractivity contribution in [2.75, 3.05) is 6.61 Å². The fourth-order valence-corrected chi connectivity index (χ4v) is 5.72. The van der Waals surface area contributed by atoms with Crippen molar-refractivity contribution >= 4 is 18.0 Å². The van der Waals surface area contributed by atoms with Gasteiger partial charge in [0.2, 0.25) is 0 Å². The smallest absolute Gasteiger partial charge is 0.254 e. The van der Waals surface area contributed by atoms with Crippen LogP contribution < -0.4 is 4.74 Å². The second-order valence-corrected chi connectivity index (χ2v) is 8.50. The molecule has 5 nitrogen and oxygen atoms in total. The van der Waals surface area contributed by atoms with Crippen LogP contribution in [-0.4, -0.2) is 29.6 Å². The molecule has 3 aromatic carbocycles. The van der Waals surface area contributed by atoms with Crippen LogP contribution in [0.3, 0.4) is 0 Å². The second kappa shape index (κ2) is 7.16. The van der Waals surface area contributed by atoms with E-state index in [4.69, 9.17) is 4.74 Å². The zero-order valence-corrected chi connectivity index (χ0v) is 17.6. The van der Waals surface area contributed by atoms with E-state index >= 15 is 0 Å². The summed E-state index contributed by atoms with van der Waals surface area (Å²) in [5.41, 5.74) is 5.46. The predicted molar refractivity (Wildman–Crippen MR) is 121 cm³/mol. The van der Waals surface area contributed by atoms with Gasteiger partial charge >= 0.3 is 0 Å². The Bertz CT molecular complexity index is 1150. The fourth-order valence-electron chi connectivity index (χ4n) is 5.72. The normalized spacial score (nSPS) is 25.1. The summed E-state index contributed by atoms with van der Waals surface area (Å²) in [6.07, 6.45) is 1.57. The molecule has 1 saturated heterocycles. The minimum Gasteiger partial charge on any atom is -0.494 e. The van der Waals surface area contributed by atoms with Gasteiger partial charge in [0.1, 0.15) is 5.75 Å². The summed E-state index contributed by atoms with van der Waals surface area (Å²) in [4.78, 5) is 27.0. The van der Waals surface area contributed by atoms with Crippen LogP contribution in [0.25, 0.3) is 0 Å². The van der Waals surface area contributed by atoms with Crippen LogP contribution >= 0.6 is 0 Å². The van der Waals surface area contributed by atoms with Gasteiger partial charge in [-0.05, 0) is 59.0 Å². The average molecular weight is 422 g/mol. The van der Waals surface area contributed by atoms with Gasteiger partial charge in [-0.1, -0.05) is 48.5 Å². The van der Waals surface area contributed by atoms with Crippen LogP contribution in [0.2, 0.25) is 0 Å². The predicted octanol–water partition coefficient (Wildman–Crippen LogP) is 4.31. The number of imide groups is 1. The molecule has 3 aliphatic carbocycles. The molecule has 4 aliphatic rings. The molecule has 0 saturated carbocycles. The molecule has 1 heterocycles. The lowest BCUT2D eigenvalue weighted by molar-refractivity contribution is -0.139. The zero-order valence-electron chi connectivity index (χ0n) is 17.6. The van der Waals surface area contributed by atoms with Crippen molar-refractivity contribution < 1.29 is 14.3 Å². The molecule has 2 atom stereocenters. The van der Waals surface area contributed by atoms with Gasteiger partial charge in [0, 0.05) is 11.8 Å². The van der Waals surface area contributed by atoms with Crippen LogP contribution in [0.4, 0.5) is 0 Å². The standard InChI is InChI=1S/C27H22N2O3/c1-2-32-17-13-11-16(12-14-17)15-28-29-26(30)24-22-18-7-3-4-8-19(18)23(25(24)27(29)31)21-10-6-5-9-20(21)22/h3-15,22-25H,2H2,1H3/b28-15-/t22?,23?,24-,25-/m0/s1. The molecule has 32 heavy (non-hydrogen) atoms. The van der Waals surface area contributed by atoms with E-state index < -0.39 is 11.8 Å². The number of rotatable bonds is 4. The van der Waals surface area contributed by atoms with Crippen molar-refractivity contribution in [2.45, 2.75) is 18.8 Å². The molecule has 2 amide bonds. The number of carbonyl (C=O) groups excluding carboxylic acids is 2. The Morgan fingerprint density at radius 1 is 0.781 bits per heavy atom. The highest BCUT2D eigenvalue weighted by molar-refractivity contribution is 6.08. The highest BCUT2D eigenvalue weighted by Crippen LogP contribution is 2.60. The molecule has 0 spiro atoms. The zero-order chi connectivity index (χ0) is 21.8. The van der Waals surface area contributed by atoms with Crippen molar-refractivity contribution in [1.29, 1.82) is 0 Å². The highest BCUT2D eigenvalue weighted by atomic mass is 16.5. The molecule has 1 fully saturated rings. The monoisotopic (exact) mass is 422 g/mol. The van der Waals surface area contributed by atoms with Gasteiger partial charge in [-0.15, -0.1) is 0 Å². The first-order valence-corrected chi connectivity index (χ1v) is 11.0. The number of ether oxygens (including phenoxy) is 1. The van der Waals surface area contributed by atoms with E-state index in [0.717, 1.165) is 38.6 Å². The molecule has 1 aliphatic heterocycles. The topological polar surface area (TPSA) is 59.0 Å². The van der Waals surface area contributed by atoms with Crippen molar-refractivity contribution in [3.8, 4) is 5.75 Å². The maximum absolute atomic E-state index is 13.5. The number of benzene rings is 3. The van der Waals surface area contributed by atoms with Crippen molar-refractivity contribution in [2.24, 2.45) is 16.9 Å². The van der Waals surface area contributed by atoms with E-state index in [0.29, 0.717) is 6.61 Å². The van der Waals surface area contributed by atoms with Crippen LogP contribution in [0.15, 0.2) is 77.9 Å². The summed E-state index contributed by atoms with van der Waals surface area (Å²) in [5, 5.41) is 5.45. The second-order valence-electron chi connectivity index (χ2n) is 8.50. The van der Waals surface area contributed by atoms with Crippen molar-refractivity contribution in [1.82, 2.24) is 5.01 Å². The number of hydrogen-bond donors (Lipinski definition) is 0. The van der Waals surface area contributed by atoms with E-state index in [1.165, 1.54) is 0 Å². The Kier molecular flexibility index (Phi) is 4.25. The molecule has 0 aromatic heterocycles. The maximum atomic E-state index is 13.5. The highest BCUT2D eigenvalue weighted by Gasteiger charge is 2.61. The summed E-state index contributed by atoms with van der Waals surface area (Å²) >= 11 is 0. The van der Waals surface area contributed by atoms with Crippen LogP contribution in [0.1, 0.15) is 46.6 Å². The molecule has 158 valence electrons. The number of amides is 2. The molecule has 0 unspecified atom stereocenters. The number of hydrazone groups is 1. The Balaban J connectivity index is 1.38. The largest absolute Gasteiger partial charge is 0.494 e. The Hall–Kier alpha value is -3.73. The van der Waals surface area contributed by atoms with E-state index in [1.807, 2.05) is 55.5 Å². The molecule has 2 bridgehead atoms. The third kappa shape index (κ3) is 2.60. The lowest BCUT2D eigenvalue weighted by Crippen LogP contribution is -2.41. The van der Waals surface area contributed by atoms with Gasteiger partial charge < -0.3 is 4.74 Å². The van der Waals surface area contributed by atoms with Gasteiger partial charge in [-0.25, -0.2) is 0 Å². The molecular weight excluding hydrogens is 400 g/mol. The third-order valence-corrected chi connectivity index (χ3v) is 6.94. The van der Waals surface area contributed by atoms with Crippen molar-refractivity contribution in [3.63, 3.8) is 0 Å². The van der Waals surface area contributed by atoms with Crippen molar-refractivity contribution in [3.05, 3.63) is 101 Å². The van der Waals surface area contributed by atoms with E-state index in [2.05, 4.69) is 29.4 Å². The third-order valence-electron chi connectivity index (χ3n) is 6.94. The lowest BCUT2D eigenvalue weighted by atomic mass is 9.55. The van der Waals surface area contributed by atoms with Crippen LogP contribution in [0.5, 0.6) is 5.75 Å². The van der Waals surface area contributed by atoms with Gasteiger partial charge in [0.25, 0.3) is 11.8 Å². The summed E-state index contributed by atoms with van der Waals surface area (Å²) < 4.78 is 5.47.